The fraction of sp³-hybridized carbons (Fsp3) is 0.357. The van der Waals surface area contributed by atoms with E-state index in [-0.39, 0.29) is 61.3 Å². The van der Waals surface area contributed by atoms with Crippen molar-refractivity contribution in [1.82, 2.24) is 31.2 Å². The molecule has 1 spiro atoms. The van der Waals surface area contributed by atoms with Crippen LogP contribution in [-0.4, -0.2) is 103 Å². The normalized spacial score (nSPS) is 20.5. The summed E-state index contributed by atoms with van der Waals surface area (Å²) < 4.78 is 83.1. The summed E-state index contributed by atoms with van der Waals surface area (Å²) in [7, 11) is 0. The lowest BCUT2D eigenvalue weighted by molar-refractivity contribution is -0.137. The molecule has 2 amide bonds. The summed E-state index contributed by atoms with van der Waals surface area (Å²) in [5.41, 5.74) is 4.17. The molecule has 77 heavy (non-hydrogen) atoms. The third kappa shape index (κ3) is 11.9. The van der Waals surface area contributed by atoms with Crippen LogP contribution in [0.25, 0.3) is 0 Å². The Morgan fingerprint density at radius 3 is 1.97 bits per heavy atom. The average Bonchev–Trinajstić information content (AvgIpc) is 4.21. The molecule has 2 saturated heterocycles. The number of amides is 2. The van der Waals surface area contributed by atoms with Crippen molar-refractivity contribution >= 4 is 46.4 Å². The highest BCUT2D eigenvalue weighted by molar-refractivity contribution is 6.31. The monoisotopic (exact) mass is 1080 g/mol. The molecular weight excluding hydrogens is 1020 g/mol. The zero-order chi connectivity index (χ0) is 53.4. The van der Waals surface area contributed by atoms with Crippen molar-refractivity contribution in [1.29, 1.82) is 0 Å². The van der Waals surface area contributed by atoms with E-state index in [1.54, 1.807) is 48.5 Å². The molecule has 15 nitrogen and oxygen atoms in total. The summed E-state index contributed by atoms with van der Waals surface area (Å²) in [5.74, 6) is 0.489. The second-order valence-electron chi connectivity index (χ2n) is 20.4. The second kappa shape index (κ2) is 21.6. The molecule has 0 radical (unpaired) electrons. The third-order valence-corrected chi connectivity index (χ3v) is 15.2. The number of aliphatic hydroxyl groups is 1. The first-order chi connectivity index (χ1) is 37.1. The molecule has 5 aliphatic rings. The van der Waals surface area contributed by atoms with Crippen molar-refractivity contribution in [2.75, 3.05) is 73.0 Å². The van der Waals surface area contributed by atoms with Crippen LogP contribution in [0.2, 0.25) is 5.02 Å². The maximum atomic E-state index is 16.1. The van der Waals surface area contributed by atoms with Gasteiger partial charge in [-0.15, -0.1) is 0 Å². The van der Waals surface area contributed by atoms with E-state index >= 15 is 8.78 Å². The van der Waals surface area contributed by atoms with Gasteiger partial charge in [0.25, 0.3) is 11.8 Å². The number of rotatable bonds is 14. The molecule has 7 N–H and O–H groups in total. The molecule has 21 heteroatoms. The first kappa shape index (κ1) is 51.8. The minimum absolute atomic E-state index is 0.0988. The summed E-state index contributed by atoms with van der Waals surface area (Å²) in [6, 6.07) is 21.9. The predicted molar refractivity (Wildman–Crippen MR) is 281 cm³/mol. The minimum Gasteiger partial charge on any atom is -0.491 e. The number of nitrogens with one attached hydrogen (secondary N) is 6. The Balaban J connectivity index is 0.669. The maximum absolute atomic E-state index is 16.1. The van der Waals surface area contributed by atoms with Crippen LogP contribution < -0.4 is 51.2 Å². The standard InChI is InChI=1S/C56H56ClF5N10O5/c57-43-7-4-33(15-38(43)25-66-52-9-6-35(24-65-52)54(75)69-40-16-36-18-44(58)47(20-49(36)76-29-40)71-13-12-67-55(31-71)10-11-55)46-27-72(26-42(28-73)68-46)48-21-50-37(19-45(48)59)17-41(30-77-50)70-53(74)34-5-8-51(64-23-34)63-22-32-2-1-3-39(14-32)56(60,61)62/h1-9,14-15,18-21,23-24,40-42,46,67-68,73H,10-13,16-17,22,25-31H2,(H,63,64)(H,65,66)(H,69,75)(H,70,74)/t40-,41-,42?,46?/m0/s1. The van der Waals surface area contributed by atoms with E-state index in [1.807, 2.05) is 17.0 Å². The molecule has 1 aliphatic carbocycles. The van der Waals surface area contributed by atoms with E-state index in [0.29, 0.717) is 94.3 Å². The molecule has 4 atom stereocenters. The van der Waals surface area contributed by atoms with Crippen molar-refractivity contribution in [2.45, 2.75) is 74.7 Å². The van der Waals surface area contributed by atoms with Crippen LogP contribution >= 0.6 is 11.6 Å². The van der Waals surface area contributed by atoms with Gasteiger partial charge in [0, 0.05) is 86.9 Å². The van der Waals surface area contributed by atoms with Crippen molar-refractivity contribution in [3.63, 3.8) is 0 Å². The van der Waals surface area contributed by atoms with Gasteiger partial charge in [-0.2, -0.15) is 13.2 Å². The molecule has 3 fully saturated rings. The van der Waals surface area contributed by atoms with E-state index in [2.05, 4.69) is 46.8 Å². The maximum Gasteiger partial charge on any atom is 0.416 e. The van der Waals surface area contributed by atoms with Gasteiger partial charge in [-0.1, -0.05) is 35.9 Å². The number of aromatic nitrogens is 2. The molecule has 402 valence electrons. The fourth-order valence-corrected chi connectivity index (χ4v) is 10.7. The van der Waals surface area contributed by atoms with Gasteiger partial charge in [0.2, 0.25) is 0 Å². The number of hydrogen-bond acceptors (Lipinski definition) is 13. The molecule has 0 bridgehead atoms. The topological polar surface area (TPSA) is 177 Å². The molecule has 1 saturated carbocycles. The summed E-state index contributed by atoms with van der Waals surface area (Å²) in [6.07, 6.45) is 1.33. The van der Waals surface area contributed by atoms with Gasteiger partial charge >= 0.3 is 6.18 Å². The summed E-state index contributed by atoms with van der Waals surface area (Å²) in [5, 5.41) is 30.1. The number of carbonyl (C=O) groups excluding carboxylic acids is 2. The SMILES string of the molecule is O=C(N[C@@H]1COc2cc(N3CC(CO)NC(c4ccc(Cl)c(CNc5ccc(C(=O)N[C@@H]6COc7cc(N8CCNC9(CC9)C8)c(F)cc7C6)cn5)c4)C3)c(F)cc2C1)c1ccc(NCc2cccc(C(F)(F)F)c2)nc1. The number of aliphatic hydroxyl groups excluding tert-OH is 1. The number of benzene rings is 4. The number of hydrogen-bond donors (Lipinski definition) is 7. The number of ether oxygens (including phenoxy) is 2. The highest BCUT2D eigenvalue weighted by atomic mass is 35.5. The third-order valence-electron chi connectivity index (χ3n) is 14.9. The van der Waals surface area contributed by atoms with Crippen molar-refractivity contribution < 1.29 is 46.1 Å². The Hall–Kier alpha value is -7.26. The Morgan fingerprint density at radius 1 is 0.766 bits per heavy atom. The van der Waals surface area contributed by atoms with Crippen LogP contribution in [0.15, 0.2) is 103 Å². The van der Waals surface area contributed by atoms with Crippen molar-refractivity contribution in [3.05, 3.63) is 165 Å². The largest absolute Gasteiger partial charge is 0.491 e. The van der Waals surface area contributed by atoms with Crippen molar-refractivity contribution in [2.24, 2.45) is 0 Å². The van der Waals surface area contributed by atoms with Crippen LogP contribution in [0.5, 0.6) is 11.5 Å². The number of carbonyl (C=O) groups is 2. The Bertz CT molecular complexity index is 3170. The number of anilines is 4. The summed E-state index contributed by atoms with van der Waals surface area (Å²) in [4.78, 5) is 39.2. The van der Waals surface area contributed by atoms with E-state index < -0.39 is 35.5 Å². The number of piperazine rings is 2. The van der Waals surface area contributed by atoms with Gasteiger partial charge in [-0.25, -0.2) is 18.7 Å². The number of alkyl halides is 3. The lowest BCUT2D eigenvalue weighted by Crippen LogP contribution is -2.54. The second-order valence-corrected chi connectivity index (χ2v) is 20.9. The van der Waals surface area contributed by atoms with Crippen LogP contribution in [0.1, 0.15) is 73.0 Å². The summed E-state index contributed by atoms with van der Waals surface area (Å²) >= 11 is 6.71. The van der Waals surface area contributed by atoms with E-state index in [4.69, 9.17) is 21.1 Å². The molecule has 6 heterocycles. The molecule has 2 aromatic heterocycles. The van der Waals surface area contributed by atoms with E-state index in [0.717, 1.165) is 55.7 Å². The Kier molecular flexibility index (Phi) is 14.6. The molecule has 11 rings (SSSR count). The van der Waals surface area contributed by atoms with Crippen molar-refractivity contribution in [3.8, 4) is 11.5 Å². The fourth-order valence-electron chi connectivity index (χ4n) is 10.5. The molecular formula is C56H56ClF5N10O5. The Labute approximate surface area is 445 Å². The number of pyridine rings is 2. The molecule has 4 aliphatic heterocycles. The predicted octanol–water partition coefficient (Wildman–Crippen LogP) is 7.57. The highest BCUT2D eigenvalue weighted by Gasteiger charge is 2.46. The lowest BCUT2D eigenvalue weighted by Gasteiger charge is -2.40. The zero-order valence-electron chi connectivity index (χ0n) is 41.7. The van der Waals surface area contributed by atoms with Gasteiger partial charge in [0.05, 0.1) is 52.8 Å². The van der Waals surface area contributed by atoms with Gasteiger partial charge in [0.15, 0.2) is 0 Å². The smallest absolute Gasteiger partial charge is 0.416 e. The summed E-state index contributed by atoms with van der Waals surface area (Å²) in [6.45, 7) is 3.56. The first-order valence-corrected chi connectivity index (χ1v) is 26.0. The number of halogens is 6. The van der Waals surface area contributed by atoms with Gasteiger partial charge < -0.3 is 56.3 Å². The minimum atomic E-state index is -4.45. The van der Waals surface area contributed by atoms with Crippen LogP contribution in [0.4, 0.5) is 45.0 Å². The van der Waals surface area contributed by atoms with Crippen LogP contribution in [0, 0.1) is 11.6 Å². The van der Waals surface area contributed by atoms with Crippen LogP contribution in [-0.2, 0) is 32.1 Å². The number of nitrogens with zero attached hydrogens (tertiary/aromatic N) is 4. The van der Waals surface area contributed by atoms with Crippen LogP contribution in [0.3, 0.4) is 0 Å². The van der Waals surface area contributed by atoms with Gasteiger partial charge in [0.1, 0.15) is 48.0 Å². The molecule has 4 aromatic carbocycles. The zero-order valence-corrected chi connectivity index (χ0v) is 42.4. The quantitative estimate of drug-likeness (QED) is 0.0533. The van der Waals surface area contributed by atoms with Gasteiger partial charge in [-0.05, 0) is 108 Å². The average molecular weight is 1080 g/mol. The first-order valence-electron chi connectivity index (χ1n) is 25.6. The van der Waals surface area contributed by atoms with E-state index in [1.165, 1.54) is 30.6 Å². The Morgan fingerprint density at radius 2 is 1.39 bits per heavy atom. The molecule has 6 aromatic rings. The van der Waals surface area contributed by atoms with Gasteiger partial charge in [-0.3, -0.25) is 9.59 Å². The molecule has 2 unspecified atom stereocenters. The highest BCUT2D eigenvalue weighted by Crippen LogP contribution is 2.41. The lowest BCUT2D eigenvalue weighted by atomic mass is 9.98. The van der Waals surface area contributed by atoms with E-state index in [9.17, 15) is 27.9 Å². The number of fused-ring (bicyclic) bond motifs is 2.